The number of hydrogen-bond donors (Lipinski definition) is 0. The Balaban J connectivity index is 2.13. The van der Waals surface area contributed by atoms with Gasteiger partial charge in [0.2, 0.25) is 0 Å². The molecule has 0 aromatic rings. The van der Waals surface area contributed by atoms with Gasteiger partial charge in [-0.05, 0) is 6.54 Å². The van der Waals surface area contributed by atoms with Crippen molar-refractivity contribution < 1.29 is 4.79 Å². The lowest BCUT2D eigenvalue weighted by atomic mass is 10.2. The van der Waals surface area contributed by atoms with Gasteiger partial charge in [-0.2, -0.15) is 0 Å². The van der Waals surface area contributed by atoms with Crippen molar-refractivity contribution in [3.63, 3.8) is 0 Å². The molecule has 82 valence electrons. The predicted molar refractivity (Wildman–Crippen MR) is 58.5 cm³/mol. The Morgan fingerprint density at radius 1 is 1.07 bits per heavy atom. The van der Waals surface area contributed by atoms with Crippen LogP contribution in [-0.2, 0) is 4.79 Å². The van der Waals surface area contributed by atoms with Crippen LogP contribution in [0.1, 0.15) is 26.7 Å². The smallest absolute Gasteiger partial charge is 0.133 e. The molecule has 1 heterocycles. The van der Waals surface area contributed by atoms with E-state index in [1.807, 2.05) is 6.92 Å². The molecule has 3 heteroatoms. The molecule has 0 amide bonds. The molecule has 1 saturated heterocycles. The molecule has 0 radical (unpaired) electrons. The third-order valence-electron chi connectivity index (χ3n) is 3.01. The van der Waals surface area contributed by atoms with E-state index in [1.165, 1.54) is 0 Å². The zero-order valence-electron chi connectivity index (χ0n) is 9.46. The van der Waals surface area contributed by atoms with E-state index in [2.05, 4.69) is 16.7 Å². The van der Waals surface area contributed by atoms with Gasteiger partial charge in [-0.3, -0.25) is 4.79 Å². The number of ketones is 1. The van der Waals surface area contributed by atoms with E-state index in [0.29, 0.717) is 12.2 Å². The summed E-state index contributed by atoms with van der Waals surface area (Å²) in [6.45, 7) is 10.9. The Morgan fingerprint density at radius 2 is 1.64 bits per heavy atom. The van der Waals surface area contributed by atoms with E-state index in [0.717, 1.165) is 45.7 Å². The molecule has 3 nitrogen and oxygen atoms in total. The molecule has 0 aliphatic carbocycles. The van der Waals surface area contributed by atoms with E-state index in [9.17, 15) is 4.79 Å². The Kier molecular flexibility index (Phi) is 5.12. The van der Waals surface area contributed by atoms with Crippen LogP contribution < -0.4 is 0 Å². The molecule has 1 fully saturated rings. The Hall–Kier alpha value is -0.410. The summed E-state index contributed by atoms with van der Waals surface area (Å²) >= 11 is 0. The molecular weight excluding hydrogens is 176 g/mol. The van der Waals surface area contributed by atoms with E-state index in [-0.39, 0.29) is 0 Å². The third-order valence-corrected chi connectivity index (χ3v) is 3.01. The second-order valence-electron chi connectivity index (χ2n) is 3.92. The lowest BCUT2D eigenvalue weighted by Crippen LogP contribution is -2.46. The molecular formula is C11H22N2O. The van der Waals surface area contributed by atoms with Gasteiger partial charge in [0.05, 0.1) is 0 Å². The molecule has 0 unspecified atom stereocenters. The highest BCUT2D eigenvalue weighted by Gasteiger charge is 2.15. The van der Waals surface area contributed by atoms with Crippen LogP contribution in [0.2, 0.25) is 0 Å². The van der Waals surface area contributed by atoms with Gasteiger partial charge < -0.3 is 9.80 Å². The fourth-order valence-corrected chi connectivity index (χ4v) is 1.79. The number of Topliss-reactive ketones (excluding diaryl/α,β-unsaturated/α-hetero) is 1. The molecule has 0 aromatic heterocycles. The standard InChI is InChI=1S/C11H22N2O/c1-3-11(14)5-6-13-9-7-12(4-2)8-10-13/h3-10H2,1-2H3. The van der Waals surface area contributed by atoms with Crippen LogP contribution in [0.4, 0.5) is 0 Å². The number of carbonyl (C=O) groups is 1. The second-order valence-corrected chi connectivity index (χ2v) is 3.92. The number of rotatable bonds is 5. The van der Waals surface area contributed by atoms with E-state index < -0.39 is 0 Å². The summed E-state index contributed by atoms with van der Waals surface area (Å²) in [5.74, 6) is 0.392. The second kappa shape index (κ2) is 6.14. The summed E-state index contributed by atoms with van der Waals surface area (Å²) in [6.07, 6.45) is 1.43. The summed E-state index contributed by atoms with van der Waals surface area (Å²) < 4.78 is 0. The average Bonchev–Trinajstić information content (AvgIpc) is 2.26. The van der Waals surface area contributed by atoms with E-state index in [1.54, 1.807) is 0 Å². The Morgan fingerprint density at radius 3 is 2.14 bits per heavy atom. The van der Waals surface area contributed by atoms with Crippen molar-refractivity contribution in [2.45, 2.75) is 26.7 Å². The topological polar surface area (TPSA) is 23.6 Å². The van der Waals surface area contributed by atoms with Crippen molar-refractivity contribution in [1.29, 1.82) is 0 Å². The highest BCUT2D eigenvalue weighted by molar-refractivity contribution is 5.78. The first-order chi connectivity index (χ1) is 6.76. The fraction of sp³-hybridized carbons (Fsp3) is 0.909. The summed E-state index contributed by atoms with van der Waals surface area (Å²) in [4.78, 5) is 16.0. The maximum absolute atomic E-state index is 11.1. The highest BCUT2D eigenvalue weighted by Crippen LogP contribution is 2.02. The van der Waals surface area contributed by atoms with Gasteiger partial charge >= 0.3 is 0 Å². The normalized spacial score (nSPS) is 19.9. The van der Waals surface area contributed by atoms with Crippen LogP contribution in [0.25, 0.3) is 0 Å². The molecule has 1 aliphatic heterocycles. The van der Waals surface area contributed by atoms with Gasteiger partial charge in [-0.15, -0.1) is 0 Å². The van der Waals surface area contributed by atoms with Gasteiger partial charge in [0, 0.05) is 45.6 Å². The summed E-state index contributed by atoms with van der Waals surface area (Å²) in [6, 6.07) is 0. The summed E-state index contributed by atoms with van der Waals surface area (Å²) in [5, 5.41) is 0. The average molecular weight is 198 g/mol. The first kappa shape index (κ1) is 11.7. The van der Waals surface area contributed by atoms with Gasteiger partial charge in [-0.1, -0.05) is 13.8 Å². The van der Waals surface area contributed by atoms with Crippen LogP contribution >= 0.6 is 0 Å². The van der Waals surface area contributed by atoms with Crippen molar-refractivity contribution in [1.82, 2.24) is 9.80 Å². The van der Waals surface area contributed by atoms with E-state index >= 15 is 0 Å². The first-order valence-corrected chi connectivity index (χ1v) is 5.72. The minimum Gasteiger partial charge on any atom is -0.301 e. The number of piperazine rings is 1. The monoisotopic (exact) mass is 198 g/mol. The van der Waals surface area contributed by atoms with Crippen LogP contribution in [0.5, 0.6) is 0 Å². The Bertz CT molecular complexity index is 174. The van der Waals surface area contributed by atoms with Gasteiger partial charge in [0.15, 0.2) is 0 Å². The Labute approximate surface area is 87.1 Å². The minimum atomic E-state index is 0.392. The SMILES string of the molecule is CCC(=O)CCN1CCN(CC)CC1. The number of likely N-dealkylation sites (N-methyl/N-ethyl adjacent to an activating group) is 1. The molecule has 0 atom stereocenters. The predicted octanol–water partition coefficient (Wildman–Crippen LogP) is 0.993. The molecule has 0 spiro atoms. The largest absolute Gasteiger partial charge is 0.301 e. The molecule has 0 N–H and O–H groups in total. The maximum Gasteiger partial charge on any atom is 0.133 e. The van der Waals surface area contributed by atoms with Gasteiger partial charge in [-0.25, -0.2) is 0 Å². The maximum atomic E-state index is 11.1. The molecule has 0 saturated carbocycles. The number of carbonyl (C=O) groups excluding carboxylic acids is 1. The third kappa shape index (κ3) is 3.76. The molecule has 0 bridgehead atoms. The quantitative estimate of drug-likeness (QED) is 0.658. The lowest BCUT2D eigenvalue weighted by molar-refractivity contribution is -0.119. The number of hydrogen-bond acceptors (Lipinski definition) is 3. The van der Waals surface area contributed by atoms with E-state index in [4.69, 9.17) is 0 Å². The zero-order chi connectivity index (χ0) is 10.4. The van der Waals surface area contributed by atoms with Crippen LogP contribution in [-0.4, -0.2) is 54.9 Å². The zero-order valence-corrected chi connectivity index (χ0v) is 9.46. The van der Waals surface area contributed by atoms with Crippen LogP contribution in [0, 0.1) is 0 Å². The van der Waals surface area contributed by atoms with Crippen molar-refractivity contribution >= 4 is 5.78 Å². The van der Waals surface area contributed by atoms with Gasteiger partial charge in [0.25, 0.3) is 0 Å². The van der Waals surface area contributed by atoms with Crippen molar-refractivity contribution in [2.24, 2.45) is 0 Å². The van der Waals surface area contributed by atoms with Crippen LogP contribution in [0.3, 0.4) is 0 Å². The first-order valence-electron chi connectivity index (χ1n) is 5.72. The summed E-state index contributed by atoms with van der Waals surface area (Å²) in [7, 11) is 0. The van der Waals surface area contributed by atoms with Crippen molar-refractivity contribution in [3.05, 3.63) is 0 Å². The fourth-order valence-electron chi connectivity index (χ4n) is 1.79. The molecule has 1 aliphatic rings. The molecule has 1 rings (SSSR count). The highest BCUT2D eigenvalue weighted by atomic mass is 16.1. The van der Waals surface area contributed by atoms with Crippen molar-refractivity contribution in [3.8, 4) is 0 Å². The van der Waals surface area contributed by atoms with Crippen molar-refractivity contribution in [2.75, 3.05) is 39.3 Å². The van der Waals surface area contributed by atoms with Gasteiger partial charge in [0.1, 0.15) is 5.78 Å². The summed E-state index contributed by atoms with van der Waals surface area (Å²) in [5.41, 5.74) is 0. The lowest BCUT2D eigenvalue weighted by Gasteiger charge is -2.33. The molecule has 0 aromatic carbocycles. The molecule has 14 heavy (non-hydrogen) atoms. The number of nitrogens with zero attached hydrogens (tertiary/aromatic N) is 2. The minimum absolute atomic E-state index is 0.392. The van der Waals surface area contributed by atoms with Crippen LogP contribution in [0.15, 0.2) is 0 Å².